The molecule has 0 N–H and O–H groups in total. The molecule has 0 unspecified atom stereocenters. The van der Waals surface area contributed by atoms with Gasteiger partial charge in [-0.05, 0) is 48.5 Å². The fourth-order valence-electron chi connectivity index (χ4n) is 3.54. The van der Waals surface area contributed by atoms with Crippen LogP contribution in [0.25, 0.3) is 42.3 Å². The quantitative estimate of drug-likeness (QED) is 0.238. The molecule has 0 aliphatic rings. The number of benzene rings is 4. The van der Waals surface area contributed by atoms with E-state index < -0.39 is 0 Å². The Kier molecular flexibility index (Phi) is 5.84. The van der Waals surface area contributed by atoms with Crippen molar-refractivity contribution in [3.05, 3.63) is 109 Å². The van der Waals surface area contributed by atoms with Crippen LogP contribution in [0.1, 0.15) is 0 Å². The van der Waals surface area contributed by atoms with Gasteiger partial charge in [-0.1, -0.05) is 83.3 Å². The number of nitrogens with zero attached hydrogens (tertiary/aromatic N) is 4. The molecule has 0 fully saturated rings. The van der Waals surface area contributed by atoms with Gasteiger partial charge in [0.1, 0.15) is 31.5 Å². The molecule has 0 amide bonds. The highest BCUT2D eigenvalue weighted by Crippen LogP contribution is 2.33. The zero-order valence-electron chi connectivity index (χ0n) is 18.4. The summed E-state index contributed by atoms with van der Waals surface area (Å²) in [6.07, 6.45) is 0. The van der Waals surface area contributed by atoms with E-state index in [4.69, 9.17) is 4.74 Å². The number of aromatic nitrogens is 4. The third-order valence-corrected chi connectivity index (χ3v) is 7.37. The summed E-state index contributed by atoms with van der Waals surface area (Å²) < 4.78 is 6.04. The smallest absolute Gasteiger partial charge is 0.148 e. The Morgan fingerprint density at radius 1 is 0.371 bits per heavy atom. The van der Waals surface area contributed by atoms with Gasteiger partial charge in [0.25, 0.3) is 0 Å². The Hall–Kier alpha value is -4.20. The van der Waals surface area contributed by atoms with E-state index in [0.29, 0.717) is 0 Å². The topological polar surface area (TPSA) is 60.8 Å². The first kappa shape index (κ1) is 21.3. The lowest BCUT2D eigenvalue weighted by Gasteiger charge is -2.06. The van der Waals surface area contributed by atoms with Gasteiger partial charge in [-0.15, -0.1) is 20.4 Å². The second-order valence-electron chi connectivity index (χ2n) is 7.71. The van der Waals surface area contributed by atoms with Crippen LogP contribution < -0.4 is 4.74 Å². The van der Waals surface area contributed by atoms with Gasteiger partial charge in [-0.2, -0.15) is 0 Å². The van der Waals surface area contributed by atoms with Crippen LogP contribution in [0.5, 0.6) is 11.5 Å². The van der Waals surface area contributed by atoms with Crippen molar-refractivity contribution in [2.75, 3.05) is 0 Å². The van der Waals surface area contributed by atoms with Gasteiger partial charge in [0.05, 0.1) is 0 Å². The number of hydrogen-bond acceptors (Lipinski definition) is 7. The van der Waals surface area contributed by atoms with E-state index in [9.17, 15) is 0 Å². The lowest BCUT2D eigenvalue weighted by atomic mass is 10.2. The van der Waals surface area contributed by atoms with Crippen molar-refractivity contribution >= 4 is 22.7 Å². The summed E-state index contributed by atoms with van der Waals surface area (Å²) in [6, 6.07) is 36.0. The average molecular weight is 491 g/mol. The molecule has 0 aliphatic carbocycles. The largest absolute Gasteiger partial charge is 0.457 e. The molecule has 0 atom stereocenters. The first-order valence-corrected chi connectivity index (χ1v) is 12.6. The predicted octanol–water partition coefficient (Wildman–Crippen LogP) is 7.85. The summed E-state index contributed by atoms with van der Waals surface area (Å²) in [5.41, 5.74) is 4.17. The van der Waals surface area contributed by atoms with Crippen molar-refractivity contribution in [3.63, 3.8) is 0 Å². The summed E-state index contributed by atoms with van der Waals surface area (Å²) >= 11 is 3.15. The van der Waals surface area contributed by atoms with E-state index in [-0.39, 0.29) is 0 Å². The van der Waals surface area contributed by atoms with Crippen molar-refractivity contribution in [1.29, 1.82) is 0 Å². The van der Waals surface area contributed by atoms with Crippen LogP contribution in [-0.2, 0) is 0 Å². The minimum Gasteiger partial charge on any atom is -0.457 e. The highest BCUT2D eigenvalue weighted by molar-refractivity contribution is 7.18. The van der Waals surface area contributed by atoms with Gasteiger partial charge in [-0.3, -0.25) is 0 Å². The standard InChI is InChI=1S/C28H18N4OS2/c1-3-7-19(8-4-1)25-29-31-27(34-25)21-11-15-23(16-12-21)33-24-17-13-22(14-18-24)28-32-30-26(35-28)20-9-5-2-6-10-20/h1-18H. The highest BCUT2D eigenvalue weighted by Gasteiger charge is 2.10. The maximum atomic E-state index is 6.04. The summed E-state index contributed by atoms with van der Waals surface area (Å²) in [5, 5.41) is 21.0. The minimum atomic E-state index is 0.761. The Morgan fingerprint density at radius 2 is 0.686 bits per heavy atom. The number of ether oxygens (including phenoxy) is 1. The molecule has 5 nitrogen and oxygen atoms in total. The van der Waals surface area contributed by atoms with Crippen LogP contribution >= 0.6 is 22.7 Å². The van der Waals surface area contributed by atoms with E-state index >= 15 is 0 Å². The van der Waals surface area contributed by atoms with Crippen LogP contribution in [0.2, 0.25) is 0 Å². The fourth-order valence-corrected chi connectivity index (χ4v) is 5.25. The van der Waals surface area contributed by atoms with Crippen molar-refractivity contribution in [3.8, 4) is 53.8 Å². The normalized spacial score (nSPS) is 10.9. The predicted molar refractivity (Wildman–Crippen MR) is 142 cm³/mol. The van der Waals surface area contributed by atoms with Gasteiger partial charge in [0, 0.05) is 22.3 Å². The van der Waals surface area contributed by atoms with E-state index in [1.807, 2.05) is 109 Å². The van der Waals surface area contributed by atoms with Gasteiger partial charge in [0.2, 0.25) is 0 Å². The monoisotopic (exact) mass is 490 g/mol. The summed E-state index contributed by atoms with van der Waals surface area (Å²) in [6.45, 7) is 0. The van der Waals surface area contributed by atoms with E-state index in [0.717, 1.165) is 53.8 Å². The maximum Gasteiger partial charge on any atom is 0.148 e. The highest BCUT2D eigenvalue weighted by atomic mass is 32.1. The summed E-state index contributed by atoms with van der Waals surface area (Å²) in [5.74, 6) is 1.52. The molecule has 2 aromatic heterocycles. The molecule has 6 rings (SSSR count). The van der Waals surface area contributed by atoms with Gasteiger partial charge >= 0.3 is 0 Å². The zero-order chi connectivity index (χ0) is 23.5. The van der Waals surface area contributed by atoms with Crippen LogP contribution in [0.4, 0.5) is 0 Å². The lowest BCUT2D eigenvalue weighted by Crippen LogP contribution is -1.85. The van der Waals surface area contributed by atoms with Gasteiger partial charge < -0.3 is 4.74 Å². The molecular weight excluding hydrogens is 472 g/mol. The number of rotatable bonds is 6. The molecule has 6 aromatic rings. The van der Waals surface area contributed by atoms with Gasteiger partial charge in [-0.25, -0.2) is 0 Å². The molecule has 4 aromatic carbocycles. The first-order chi connectivity index (χ1) is 17.3. The van der Waals surface area contributed by atoms with E-state index in [2.05, 4.69) is 20.4 Å². The molecule has 0 radical (unpaired) electrons. The Bertz CT molecular complexity index is 1430. The van der Waals surface area contributed by atoms with Gasteiger partial charge in [0.15, 0.2) is 0 Å². The minimum absolute atomic E-state index is 0.761. The molecule has 0 spiro atoms. The maximum absolute atomic E-state index is 6.04. The molecule has 7 heteroatoms. The Balaban J connectivity index is 1.14. The Labute approximate surface area is 210 Å². The summed E-state index contributed by atoms with van der Waals surface area (Å²) in [7, 11) is 0. The van der Waals surface area contributed by atoms with Crippen LogP contribution in [-0.4, -0.2) is 20.4 Å². The number of hydrogen-bond donors (Lipinski definition) is 0. The van der Waals surface area contributed by atoms with Crippen molar-refractivity contribution in [2.45, 2.75) is 0 Å². The molecule has 2 heterocycles. The third kappa shape index (κ3) is 4.73. The Morgan fingerprint density at radius 3 is 1.03 bits per heavy atom. The van der Waals surface area contributed by atoms with Crippen molar-refractivity contribution in [2.24, 2.45) is 0 Å². The molecule has 35 heavy (non-hydrogen) atoms. The van der Waals surface area contributed by atoms with Crippen LogP contribution in [0, 0.1) is 0 Å². The molecule has 168 valence electrons. The van der Waals surface area contributed by atoms with Crippen LogP contribution in [0.3, 0.4) is 0 Å². The van der Waals surface area contributed by atoms with E-state index in [1.165, 1.54) is 0 Å². The zero-order valence-corrected chi connectivity index (χ0v) is 20.0. The molecule has 0 aliphatic heterocycles. The van der Waals surface area contributed by atoms with Crippen molar-refractivity contribution in [1.82, 2.24) is 20.4 Å². The van der Waals surface area contributed by atoms with E-state index in [1.54, 1.807) is 22.7 Å². The van der Waals surface area contributed by atoms with Crippen LogP contribution in [0.15, 0.2) is 109 Å². The lowest BCUT2D eigenvalue weighted by molar-refractivity contribution is 0.483. The fraction of sp³-hybridized carbons (Fsp3) is 0. The SMILES string of the molecule is c1ccc(-c2nnc(-c3ccc(Oc4ccc(-c5nnc(-c6ccccc6)s5)cc4)cc3)s2)cc1. The molecule has 0 saturated heterocycles. The van der Waals surface area contributed by atoms with Crippen molar-refractivity contribution < 1.29 is 4.74 Å². The molecule has 0 saturated carbocycles. The third-order valence-electron chi connectivity index (χ3n) is 5.33. The second kappa shape index (κ2) is 9.58. The summed E-state index contributed by atoms with van der Waals surface area (Å²) in [4.78, 5) is 0. The molecule has 0 bridgehead atoms. The first-order valence-electron chi connectivity index (χ1n) is 11.0. The molecular formula is C28H18N4OS2. The second-order valence-corrected chi connectivity index (χ2v) is 9.66. The average Bonchev–Trinajstić information content (AvgIpc) is 3.62.